The van der Waals surface area contributed by atoms with Gasteiger partial charge in [-0.1, -0.05) is 36.0 Å². The summed E-state index contributed by atoms with van der Waals surface area (Å²) in [6.45, 7) is 10.7. The van der Waals surface area contributed by atoms with Gasteiger partial charge in [0.25, 0.3) is 0 Å². The van der Waals surface area contributed by atoms with E-state index >= 15 is 0 Å². The van der Waals surface area contributed by atoms with Crippen LogP contribution in [0, 0.1) is 13.8 Å². The number of allylic oxidation sites excluding steroid dienone is 1. The van der Waals surface area contributed by atoms with Gasteiger partial charge in [-0.2, -0.15) is 0 Å². The number of nitrogens with one attached hydrogen (secondary N) is 1. The van der Waals surface area contributed by atoms with E-state index in [2.05, 4.69) is 22.1 Å². The van der Waals surface area contributed by atoms with Crippen LogP contribution in [-0.4, -0.2) is 32.7 Å². The van der Waals surface area contributed by atoms with E-state index in [0.29, 0.717) is 34.7 Å². The summed E-state index contributed by atoms with van der Waals surface area (Å²) >= 11 is 1.33. The van der Waals surface area contributed by atoms with Crippen LogP contribution < -0.4 is 19.5 Å². The van der Waals surface area contributed by atoms with Gasteiger partial charge in [-0.05, 0) is 44.0 Å². The van der Waals surface area contributed by atoms with Crippen LogP contribution in [0.2, 0.25) is 0 Å². The van der Waals surface area contributed by atoms with Crippen LogP contribution in [0.4, 0.5) is 5.69 Å². The van der Waals surface area contributed by atoms with Gasteiger partial charge in [0.15, 0.2) is 22.5 Å². The highest BCUT2D eigenvalue weighted by Gasteiger charge is 2.21. The molecule has 0 spiro atoms. The molecule has 1 amide bonds. The summed E-state index contributed by atoms with van der Waals surface area (Å²) < 4.78 is 18.6. The molecule has 1 aromatic heterocycles. The molecule has 2 heterocycles. The normalized spacial score (nSPS) is 12.9. The molecule has 0 saturated carbocycles. The number of rotatable bonds is 9. The van der Waals surface area contributed by atoms with Crippen molar-refractivity contribution < 1.29 is 19.0 Å². The predicted molar refractivity (Wildman–Crippen MR) is 127 cm³/mol. The zero-order valence-corrected chi connectivity index (χ0v) is 19.6. The minimum Gasteiger partial charge on any atom is -0.485 e. The third-order valence-electron chi connectivity index (χ3n) is 5.15. The molecule has 1 aliphatic heterocycles. The van der Waals surface area contributed by atoms with Gasteiger partial charge in [0.05, 0.1) is 5.25 Å². The molecule has 1 aliphatic rings. The van der Waals surface area contributed by atoms with E-state index in [1.54, 1.807) is 24.3 Å². The molecular weight excluding hydrogens is 440 g/mol. The first-order valence-corrected chi connectivity index (χ1v) is 11.4. The highest BCUT2D eigenvalue weighted by Crippen LogP contribution is 2.34. The molecule has 0 bridgehead atoms. The van der Waals surface area contributed by atoms with E-state index in [0.717, 1.165) is 16.9 Å². The lowest BCUT2D eigenvalue weighted by atomic mass is 10.1. The van der Waals surface area contributed by atoms with Gasteiger partial charge in [-0.15, -0.1) is 16.8 Å². The van der Waals surface area contributed by atoms with Gasteiger partial charge >= 0.3 is 0 Å². The summed E-state index contributed by atoms with van der Waals surface area (Å²) in [7, 11) is 0. The fourth-order valence-corrected chi connectivity index (χ4v) is 4.30. The highest BCUT2D eigenvalue weighted by atomic mass is 32.2. The number of fused-ring (bicyclic) bond motifs is 1. The zero-order valence-electron chi connectivity index (χ0n) is 18.8. The maximum atomic E-state index is 12.8. The number of hydrogen-bond donors (Lipinski definition) is 1. The van der Waals surface area contributed by atoms with Gasteiger partial charge in [0, 0.05) is 18.3 Å². The topological polar surface area (TPSA) is 87.5 Å². The minimum atomic E-state index is -0.407. The van der Waals surface area contributed by atoms with E-state index in [1.807, 2.05) is 43.5 Å². The van der Waals surface area contributed by atoms with E-state index in [4.69, 9.17) is 14.2 Å². The smallest absolute Gasteiger partial charge is 0.237 e. The Morgan fingerprint density at radius 3 is 2.76 bits per heavy atom. The second-order valence-corrected chi connectivity index (χ2v) is 8.93. The van der Waals surface area contributed by atoms with Crippen LogP contribution in [0.25, 0.3) is 0 Å². The van der Waals surface area contributed by atoms with Gasteiger partial charge in [0.2, 0.25) is 12.7 Å². The first kappa shape index (κ1) is 22.7. The van der Waals surface area contributed by atoms with Gasteiger partial charge in [-0.25, -0.2) is 0 Å². The Balaban J connectivity index is 1.43. The molecule has 1 N–H and O–H groups in total. The number of thioether (sulfide) groups is 1. The van der Waals surface area contributed by atoms with Gasteiger partial charge in [-0.3, -0.25) is 9.36 Å². The predicted octanol–water partition coefficient (Wildman–Crippen LogP) is 4.51. The number of amides is 1. The van der Waals surface area contributed by atoms with E-state index in [9.17, 15) is 4.79 Å². The number of anilines is 1. The van der Waals surface area contributed by atoms with Crippen LogP contribution in [0.1, 0.15) is 23.9 Å². The first-order valence-electron chi connectivity index (χ1n) is 10.6. The van der Waals surface area contributed by atoms with Crippen LogP contribution in [0.15, 0.2) is 54.2 Å². The largest absolute Gasteiger partial charge is 0.485 e. The van der Waals surface area contributed by atoms with Crippen molar-refractivity contribution in [3.8, 4) is 17.2 Å². The Bertz CT molecular complexity index is 1160. The Kier molecular flexibility index (Phi) is 6.88. The van der Waals surface area contributed by atoms with Gasteiger partial charge < -0.3 is 19.5 Å². The lowest BCUT2D eigenvalue weighted by molar-refractivity contribution is -0.115. The number of para-hydroxylation sites is 1. The van der Waals surface area contributed by atoms with Crippen LogP contribution in [0.5, 0.6) is 17.2 Å². The summed E-state index contributed by atoms with van der Waals surface area (Å²) in [6, 6.07) is 11.3. The van der Waals surface area contributed by atoms with Crippen molar-refractivity contribution in [1.82, 2.24) is 14.8 Å². The number of aromatic nitrogens is 3. The van der Waals surface area contributed by atoms with Crippen LogP contribution >= 0.6 is 11.8 Å². The number of aryl methyl sites for hydroxylation is 2. The fraction of sp³-hybridized carbons (Fsp3) is 0.292. The quantitative estimate of drug-likeness (QED) is 0.367. The molecule has 0 fully saturated rings. The Labute approximate surface area is 197 Å². The minimum absolute atomic E-state index is 0.152. The Morgan fingerprint density at radius 1 is 1.24 bits per heavy atom. The average molecular weight is 467 g/mol. The lowest BCUT2D eigenvalue weighted by Gasteiger charge is -2.14. The summed E-state index contributed by atoms with van der Waals surface area (Å²) in [5, 5.41) is 11.7. The van der Waals surface area contributed by atoms with E-state index < -0.39 is 5.25 Å². The number of ether oxygens (including phenoxy) is 3. The number of carbonyl (C=O) groups is 1. The summed E-state index contributed by atoms with van der Waals surface area (Å²) in [6.07, 6.45) is 1.77. The maximum absolute atomic E-state index is 12.8. The summed E-state index contributed by atoms with van der Waals surface area (Å²) in [4.78, 5) is 12.8. The third-order valence-corrected chi connectivity index (χ3v) is 6.23. The van der Waals surface area contributed by atoms with E-state index in [-0.39, 0.29) is 19.3 Å². The molecule has 0 saturated heterocycles. The molecule has 9 heteroatoms. The van der Waals surface area contributed by atoms with E-state index in [1.165, 1.54) is 11.8 Å². The number of benzene rings is 2. The molecule has 4 rings (SSSR count). The number of hydrogen-bond acceptors (Lipinski definition) is 7. The van der Waals surface area contributed by atoms with Crippen molar-refractivity contribution in [2.45, 2.75) is 44.3 Å². The molecule has 172 valence electrons. The highest BCUT2D eigenvalue weighted by molar-refractivity contribution is 8.00. The lowest BCUT2D eigenvalue weighted by Crippen LogP contribution is -2.23. The third kappa shape index (κ3) is 5.14. The second kappa shape index (κ2) is 9.99. The zero-order chi connectivity index (χ0) is 23.4. The van der Waals surface area contributed by atoms with Crippen molar-refractivity contribution in [3.63, 3.8) is 0 Å². The molecule has 0 aliphatic carbocycles. The molecule has 1 atom stereocenters. The molecule has 8 nitrogen and oxygen atoms in total. The standard InChI is InChI=1S/C24H26N4O4S/c1-5-11-28-21(13-30-22-15(2)7-6-8-16(22)3)26-27-24(28)33-17(4)23(29)25-18-9-10-19-20(12-18)32-14-31-19/h5-10,12,17H,1,11,13-14H2,2-4H3,(H,25,29)/t17-/m0/s1. The van der Waals surface area contributed by atoms with Crippen molar-refractivity contribution >= 4 is 23.4 Å². The number of carbonyl (C=O) groups excluding carboxylic acids is 1. The van der Waals surface area contributed by atoms with Gasteiger partial charge in [0.1, 0.15) is 12.4 Å². The Hall–Kier alpha value is -3.46. The monoisotopic (exact) mass is 466 g/mol. The van der Waals surface area contributed by atoms with Crippen molar-refractivity contribution in [3.05, 3.63) is 66.0 Å². The molecular formula is C24H26N4O4S. The molecule has 2 aromatic carbocycles. The van der Waals surface area contributed by atoms with Crippen LogP contribution in [-0.2, 0) is 17.9 Å². The Morgan fingerprint density at radius 2 is 2.00 bits per heavy atom. The maximum Gasteiger partial charge on any atom is 0.237 e. The molecule has 0 unspecified atom stereocenters. The van der Waals surface area contributed by atoms with Crippen molar-refractivity contribution in [1.29, 1.82) is 0 Å². The first-order chi connectivity index (χ1) is 16.0. The summed E-state index contributed by atoms with van der Waals surface area (Å²) in [5.41, 5.74) is 2.77. The van der Waals surface area contributed by atoms with Crippen molar-refractivity contribution in [2.24, 2.45) is 0 Å². The van der Waals surface area contributed by atoms with Crippen molar-refractivity contribution in [2.75, 3.05) is 12.1 Å². The molecule has 0 radical (unpaired) electrons. The summed E-state index contributed by atoms with van der Waals surface area (Å²) in [5.74, 6) is 2.65. The fourth-order valence-electron chi connectivity index (χ4n) is 3.42. The molecule has 3 aromatic rings. The molecule has 33 heavy (non-hydrogen) atoms. The number of nitrogens with zero attached hydrogens (tertiary/aromatic N) is 3. The SMILES string of the molecule is C=CCn1c(COc2c(C)cccc2C)nnc1S[C@@H](C)C(=O)Nc1ccc2c(c1)OCO2. The second-order valence-electron chi connectivity index (χ2n) is 7.63. The van der Waals surface area contributed by atoms with Crippen LogP contribution in [0.3, 0.4) is 0 Å². The average Bonchev–Trinajstić information content (AvgIpc) is 3.40.